The fourth-order valence-electron chi connectivity index (χ4n) is 4.18. The third-order valence-corrected chi connectivity index (χ3v) is 6.27. The van der Waals surface area contributed by atoms with Gasteiger partial charge in [-0.15, -0.1) is 0 Å². The van der Waals surface area contributed by atoms with Gasteiger partial charge >= 0.3 is 6.09 Å². The number of rotatable bonds is 12. The van der Waals surface area contributed by atoms with E-state index in [9.17, 15) is 14.4 Å². The first kappa shape index (κ1) is 36.5. The van der Waals surface area contributed by atoms with Gasteiger partial charge in [0.1, 0.15) is 30.0 Å². The molecule has 0 aliphatic carbocycles. The summed E-state index contributed by atoms with van der Waals surface area (Å²) in [6.07, 6.45) is 3.67. The summed E-state index contributed by atoms with van der Waals surface area (Å²) in [5.41, 5.74) is 9.70. The van der Waals surface area contributed by atoms with Crippen LogP contribution in [-0.4, -0.2) is 59.8 Å². The lowest BCUT2D eigenvalue weighted by molar-refractivity contribution is -0.125. The molecule has 236 valence electrons. The van der Waals surface area contributed by atoms with Gasteiger partial charge in [0.25, 0.3) is 0 Å². The standard InChI is InChI=1S/C19H35N5O4.C13H18O/c1-11(2)15(22-18(27)28-19(5,6)7)17(26)21-12(3)13(4)24-10-8-9-14(23-24)16(20)25;1-4-8-14-13-7-5-6-12(10-13)9-11(2)3/h11-12,14-15,23H,4,8-10H2,1-3,5-7H3,(H2,20,25)(H,21,26)(H,22,27);4-7,10-11H,1,8-9H2,2-3H3/t12-,14-,15?;/m0./s1. The number of hydrogen-bond donors (Lipinski definition) is 4. The van der Waals surface area contributed by atoms with Crippen LogP contribution in [0.5, 0.6) is 5.75 Å². The van der Waals surface area contributed by atoms with Crippen LogP contribution in [-0.2, 0) is 20.7 Å². The van der Waals surface area contributed by atoms with E-state index in [1.54, 1.807) is 38.8 Å². The van der Waals surface area contributed by atoms with Gasteiger partial charge in [-0.05, 0) is 76.5 Å². The van der Waals surface area contributed by atoms with Crippen molar-refractivity contribution in [1.82, 2.24) is 21.1 Å². The molecule has 5 N–H and O–H groups in total. The molecule has 10 nitrogen and oxygen atoms in total. The number of hydrazine groups is 1. The molecule has 1 aliphatic heterocycles. The predicted octanol–water partition coefficient (Wildman–Crippen LogP) is 4.46. The Morgan fingerprint density at radius 3 is 2.38 bits per heavy atom. The predicted molar refractivity (Wildman–Crippen MR) is 167 cm³/mol. The van der Waals surface area contributed by atoms with Crippen molar-refractivity contribution in [3.63, 3.8) is 0 Å². The lowest BCUT2D eigenvalue weighted by Gasteiger charge is -2.37. The first-order valence-electron chi connectivity index (χ1n) is 14.7. The van der Waals surface area contributed by atoms with Gasteiger partial charge < -0.3 is 30.8 Å². The summed E-state index contributed by atoms with van der Waals surface area (Å²) in [5.74, 6) is 0.724. The smallest absolute Gasteiger partial charge is 0.408 e. The summed E-state index contributed by atoms with van der Waals surface area (Å²) in [6.45, 7) is 24.1. The summed E-state index contributed by atoms with van der Waals surface area (Å²) in [4.78, 5) is 36.2. The summed E-state index contributed by atoms with van der Waals surface area (Å²) in [7, 11) is 0. The largest absolute Gasteiger partial charge is 0.490 e. The maximum atomic E-state index is 12.7. The minimum Gasteiger partial charge on any atom is -0.490 e. The van der Waals surface area contributed by atoms with Gasteiger partial charge in [-0.3, -0.25) is 9.59 Å². The Morgan fingerprint density at radius 2 is 1.83 bits per heavy atom. The third kappa shape index (κ3) is 13.9. The number of hydrogen-bond acceptors (Lipinski definition) is 7. The number of nitrogens with zero attached hydrogens (tertiary/aromatic N) is 1. The molecule has 10 heteroatoms. The molecular formula is C32H53N5O5. The molecule has 1 unspecified atom stereocenters. The van der Waals surface area contributed by atoms with Crippen LogP contribution in [0.1, 0.15) is 73.8 Å². The van der Waals surface area contributed by atoms with Crippen LogP contribution in [0.15, 0.2) is 49.2 Å². The Balaban J connectivity index is 0.000000525. The van der Waals surface area contributed by atoms with Crippen LogP contribution in [0, 0.1) is 11.8 Å². The summed E-state index contributed by atoms with van der Waals surface area (Å²) >= 11 is 0. The monoisotopic (exact) mass is 587 g/mol. The number of amides is 3. The van der Waals surface area contributed by atoms with E-state index in [0.717, 1.165) is 18.6 Å². The molecule has 1 fully saturated rings. The molecule has 0 bridgehead atoms. The van der Waals surface area contributed by atoms with E-state index in [2.05, 4.69) is 55.2 Å². The molecular weight excluding hydrogens is 534 g/mol. The lowest BCUT2D eigenvalue weighted by atomic mass is 10.0. The van der Waals surface area contributed by atoms with Crippen molar-refractivity contribution in [2.24, 2.45) is 17.6 Å². The summed E-state index contributed by atoms with van der Waals surface area (Å²) in [5, 5.41) is 7.23. The zero-order valence-electron chi connectivity index (χ0n) is 26.8. The fourth-order valence-corrected chi connectivity index (χ4v) is 4.18. The highest BCUT2D eigenvalue weighted by Gasteiger charge is 2.30. The number of benzene rings is 1. The van der Waals surface area contributed by atoms with Crippen LogP contribution in [0.25, 0.3) is 0 Å². The van der Waals surface area contributed by atoms with Crippen molar-refractivity contribution in [3.8, 4) is 5.75 Å². The number of primary amides is 1. The average molecular weight is 588 g/mol. The van der Waals surface area contributed by atoms with Gasteiger partial charge in [-0.2, -0.15) is 0 Å². The molecule has 3 atom stereocenters. The second-order valence-electron chi connectivity index (χ2n) is 12.3. The minimum absolute atomic E-state index is 0.139. The van der Waals surface area contributed by atoms with Crippen molar-refractivity contribution in [3.05, 3.63) is 54.8 Å². The number of ether oxygens (including phenoxy) is 2. The molecule has 0 saturated carbocycles. The van der Waals surface area contributed by atoms with Crippen LogP contribution >= 0.6 is 0 Å². The van der Waals surface area contributed by atoms with E-state index in [0.29, 0.717) is 31.2 Å². The molecule has 1 saturated heterocycles. The summed E-state index contributed by atoms with van der Waals surface area (Å²) < 4.78 is 10.7. The van der Waals surface area contributed by atoms with E-state index in [-0.39, 0.29) is 11.8 Å². The van der Waals surface area contributed by atoms with Crippen LogP contribution in [0.4, 0.5) is 4.79 Å². The molecule has 0 spiro atoms. The molecule has 3 amide bonds. The van der Waals surface area contributed by atoms with E-state index < -0.39 is 35.7 Å². The van der Waals surface area contributed by atoms with Crippen LogP contribution < -0.4 is 26.5 Å². The highest BCUT2D eigenvalue weighted by atomic mass is 16.6. The van der Waals surface area contributed by atoms with Crippen molar-refractivity contribution in [2.75, 3.05) is 13.2 Å². The maximum absolute atomic E-state index is 12.7. The number of nitrogens with two attached hydrogens (primary N) is 1. The molecule has 0 radical (unpaired) electrons. The SMILES string of the molecule is C=C([C@H](C)NC(=O)C(NC(=O)OC(C)(C)C)C(C)C)N1CCC[C@@H](C(N)=O)N1.C=CCOc1cccc(CC(C)C)c1. The molecule has 1 aromatic rings. The Morgan fingerprint density at radius 1 is 1.17 bits per heavy atom. The lowest BCUT2D eigenvalue weighted by Crippen LogP contribution is -2.57. The third-order valence-electron chi connectivity index (χ3n) is 6.27. The van der Waals surface area contributed by atoms with Gasteiger partial charge in [0.05, 0.1) is 6.04 Å². The number of carbonyl (C=O) groups excluding carboxylic acids is 3. The molecule has 2 rings (SSSR count). The maximum Gasteiger partial charge on any atom is 0.408 e. The fraction of sp³-hybridized carbons (Fsp3) is 0.594. The second-order valence-corrected chi connectivity index (χ2v) is 12.3. The molecule has 0 aromatic heterocycles. The van der Waals surface area contributed by atoms with E-state index in [4.69, 9.17) is 15.2 Å². The average Bonchev–Trinajstić information content (AvgIpc) is 2.89. The number of carbonyl (C=O) groups is 3. The van der Waals surface area contributed by atoms with Gasteiger partial charge in [0.15, 0.2) is 0 Å². The van der Waals surface area contributed by atoms with Crippen LogP contribution in [0.2, 0.25) is 0 Å². The zero-order valence-corrected chi connectivity index (χ0v) is 26.8. The topological polar surface area (TPSA) is 135 Å². The van der Waals surface area contributed by atoms with E-state index in [1.807, 2.05) is 26.0 Å². The molecule has 42 heavy (non-hydrogen) atoms. The Bertz CT molecular complexity index is 1050. The Hall–Kier alpha value is -3.53. The van der Waals surface area contributed by atoms with Gasteiger partial charge in [-0.25, -0.2) is 10.2 Å². The molecule has 1 aliphatic rings. The van der Waals surface area contributed by atoms with Crippen LogP contribution in [0.3, 0.4) is 0 Å². The van der Waals surface area contributed by atoms with E-state index >= 15 is 0 Å². The highest BCUT2D eigenvalue weighted by molar-refractivity contribution is 5.86. The van der Waals surface area contributed by atoms with Gasteiger partial charge in [0, 0.05) is 12.2 Å². The van der Waals surface area contributed by atoms with E-state index in [1.165, 1.54) is 5.56 Å². The molecule has 1 aromatic carbocycles. The normalized spacial score (nSPS) is 16.4. The second kappa shape index (κ2) is 17.4. The van der Waals surface area contributed by atoms with Crippen molar-refractivity contribution in [1.29, 1.82) is 0 Å². The van der Waals surface area contributed by atoms with Crippen molar-refractivity contribution < 1.29 is 23.9 Å². The Labute approximate surface area is 252 Å². The quantitative estimate of drug-likeness (QED) is 0.265. The van der Waals surface area contributed by atoms with Crippen molar-refractivity contribution in [2.45, 2.75) is 98.4 Å². The molecule has 1 heterocycles. The van der Waals surface area contributed by atoms with Crippen molar-refractivity contribution >= 4 is 17.9 Å². The first-order valence-corrected chi connectivity index (χ1v) is 14.7. The van der Waals surface area contributed by atoms with Gasteiger partial charge in [0.2, 0.25) is 11.8 Å². The first-order chi connectivity index (χ1) is 19.5. The summed E-state index contributed by atoms with van der Waals surface area (Å²) in [6, 6.07) is 6.64. The zero-order chi connectivity index (χ0) is 32.0. The van der Waals surface area contributed by atoms with Gasteiger partial charge in [-0.1, -0.05) is 59.1 Å². The Kier molecular flexibility index (Phi) is 15.1. The highest BCUT2D eigenvalue weighted by Crippen LogP contribution is 2.17. The number of nitrogens with one attached hydrogen (secondary N) is 3. The minimum atomic E-state index is -0.752. The number of alkyl carbamates (subject to hydrolysis) is 1.